The first kappa shape index (κ1) is 18.7. The van der Waals surface area contributed by atoms with Gasteiger partial charge in [-0.2, -0.15) is 0 Å². The quantitative estimate of drug-likeness (QED) is 0.649. The first-order valence-corrected chi connectivity index (χ1v) is 8.78. The number of amides is 1. The van der Waals surface area contributed by atoms with Gasteiger partial charge in [-0.15, -0.1) is 0 Å². The highest BCUT2D eigenvalue weighted by molar-refractivity contribution is 6.30. The number of hydrogen-bond donors (Lipinski definition) is 2. The average Bonchev–Trinajstić information content (AvgIpc) is 2.70. The fraction of sp³-hybridized carbons (Fsp3) is 0.150. The molecule has 0 unspecified atom stereocenters. The Hall–Kier alpha value is -3.12. The van der Waals surface area contributed by atoms with Crippen molar-refractivity contribution >= 4 is 29.1 Å². The Balaban J connectivity index is 1.53. The normalized spacial score (nSPS) is 10.3. The number of carbonyl (C=O) groups is 1. The second-order valence-electron chi connectivity index (χ2n) is 5.74. The van der Waals surface area contributed by atoms with Gasteiger partial charge in [0.2, 0.25) is 5.95 Å². The number of rotatable bonds is 7. The van der Waals surface area contributed by atoms with Crippen molar-refractivity contribution in [2.75, 3.05) is 19.0 Å². The third kappa shape index (κ3) is 5.18. The summed E-state index contributed by atoms with van der Waals surface area (Å²) in [5.74, 6) is 0.999. The molecule has 1 heterocycles. The van der Waals surface area contributed by atoms with Gasteiger partial charge in [0.05, 0.1) is 12.7 Å². The van der Waals surface area contributed by atoms with Gasteiger partial charge in [0.25, 0.3) is 5.91 Å². The fourth-order valence-corrected chi connectivity index (χ4v) is 2.62. The van der Waals surface area contributed by atoms with Gasteiger partial charge >= 0.3 is 0 Å². The Labute approximate surface area is 162 Å². The number of para-hydroxylation sites is 1. The van der Waals surface area contributed by atoms with Crippen LogP contribution in [0.25, 0.3) is 0 Å². The second-order valence-corrected chi connectivity index (χ2v) is 6.18. The molecule has 0 aliphatic rings. The van der Waals surface area contributed by atoms with E-state index in [-0.39, 0.29) is 5.91 Å². The zero-order valence-electron chi connectivity index (χ0n) is 14.8. The van der Waals surface area contributed by atoms with Crippen LogP contribution in [-0.4, -0.2) is 29.5 Å². The largest absolute Gasteiger partial charge is 0.496 e. The number of aromatic nitrogens is 2. The van der Waals surface area contributed by atoms with Crippen LogP contribution in [0.1, 0.15) is 15.9 Å². The smallest absolute Gasteiger partial charge is 0.254 e. The minimum atomic E-state index is -0.219. The number of hydrogen-bond acceptors (Lipinski definition) is 5. The zero-order valence-corrected chi connectivity index (χ0v) is 15.5. The van der Waals surface area contributed by atoms with E-state index >= 15 is 0 Å². The van der Waals surface area contributed by atoms with Crippen molar-refractivity contribution in [1.29, 1.82) is 0 Å². The maximum Gasteiger partial charge on any atom is 0.254 e. The highest BCUT2D eigenvalue weighted by Gasteiger charge is 2.08. The van der Waals surface area contributed by atoms with E-state index in [0.29, 0.717) is 29.5 Å². The molecule has 1 amide bonds. The van der Waals surface area contributed by atoms with Crippen molar-refractivity contribution in [3.05, 3.63) is 77.1 Å². The molecule has 0 saturated heterocycles. The highest BCUT2D eigenvalue weighted by atomic mass is 35.5. The molecule has 0 saturated carbocycles. The van der Waals surface area contributed by atoms with Gasteiger partial charge in [-0.25, -0.2) is 9.97 Å². The maximum absolute atomic E-state index is 12.2. The number of ether oxygens (including phenoxy) is 1. The zero-order chi connectivity index (χ0) is 19.1. The summed E-state index contributed by atoms with van der Waals surface area (Å²) in [5.41, 5.74) is 2.25. The van der Waals surface area contributed by atoms with Gasteiger partial charge in [-0.05, 0) is 42.3 Å². The predicted molar refractivity (Wildman–Crippen MR) is 106 cm³/mol. The lowest BCUT2D eigenvalue weighted by Gasteiger charge is -2.09. The molecule has 0 aliphatic heterocycles. The summed E-state index contributed by atoms with van der Waals surface area (Å²) in [7, 11) is 1.63. The molecule has 0 radical (unpaired) electrons. The van der Waals surface area contributed by atoms with Crippen LogP contribution in [0.4, 0.5) is 11.6 Å². The summed E-state index contributed by atoms with van der Waals surface area (Å²) in [6.07, 6.45) is 3.65. The highest BCUT2D eigenvalue weighted by Crippen LogP contribution is 2.18. The van der Waals surface area contributed by atoms with Gasteiger partial charge in [0.15, 0.2) is 0 Å². The number of halogens is 1. The molecular weight excluding hydrogens is 364 g/mol. The van der Waals surface area contributed by atoms with E-state index in [1.807, 2.05) is 36.4 Å². The van der Waals surface area contributed by atoms with Crippen LogP contribution in [0.15, 0.2) is 60.9 Å². The van der Waals surface area contributed by atoms with Crippen molar-refractivity contribution in [1.82, 2.24) is 15.3 Å². The molecule has 0 atom stereocenters. The van der Waals surface area contributed by atoms with Crippen LogP contribution in [0.5, 0.6) is 5.75 Å². The molecule has 0 bridgehead atoms. The van der Waals surface area contributed by atoms with Gasteiger partial charge in [0, 0.05) is 29.6 Å². The molecular formula is C20H19ClN4O2. The number of methoxy groups -OCH3 is 1. The van der Waals surface area contributed by atoms with E-state index in [1.165, 1.54) is 12.4 Å². The molecule has 0 fully saturated rings. The summed E-state index contributed by atoms with van der Waals surface area (Å²) < 4.78 is 5.31. The Morgan fingerprint density at radius 2 is 1.78 bits per heavy atom. The van der Waals surface area contributed by atoms with Crippen LogP contribution in [-0.2, 0) is 6.42 Å². The first-order chi connectivity index (χ1) is 13.2. The third-order valence-electron chi connectivity index (χ3n) is 3.89. The number of benzene rings is 2. The molecule has 0 aliphatic carbocycles. The van der Waals surface area contributed by atoms with E-state index in [9.17, 15) is 4.79 Å². The molecule has 1 aromatic heterocycles. The Kier molecular flexibility index (Phi) is 6.22. The van der Waals surface area contributed by atoms with Crippen molar-refractivity contribution in [3.63, 3.8) is 0 Å². The minimum Gasteiger partial charge on any atom is -0.496 e. The van der Waals surface area contributed by atoms with E-state index in [1.54, 1.807) is 19.2 Å². The van der Waals surface area contributed by atoms with Gasteiger partial charge in [0.1, 0.15) is 5.75 Å². The molecule has 3 aromatic rings. The summed E-state index contributed by atoms with van der Waals surface area (Å²) >= 11 is 5.86. The summed E-state index contributed by atoms with van der Waals surface area (Å²) in [6.45, 7) is 0.490. The van der Waals surface area contributed by atoms with Gasteiger partial charge in [-0.1, -0.05) is 29.8 Å². The molecule has 138 valence electrons. The number of nitrogens with one attached hydrogen (secondary N) is 2. The maximum atomic E-state index is 12.2. The third-order valence-corrected chi connectivity index (χ3v) is 4.14. The lowest BCUT2D eigenvalue weighted by molar-refractivity contribution is 0.0953. The second kappa shape index (κ2) is 9.00. The average molecular weight is 383 g/mol. The Morgan fingerprint density at radius 1 is 1.07 bits per heavy atom. The molecule has 0 spiro atoms. The van der Waals surface area contributed by atoms with E-state index in [4.69, 9.17) is 16.3 Å². The van der Waals surface area contributed by atoms with Crippen molar-refractivity contribution < 1.29 is 9.53 Å². The van der Waals surface area contributed by atoms with Gasteiger partial charge in [-0.3, -0.25) is 4.79 Å². The van der Waals surface area contributed by atoms with E-state index < -0.39 is 0 Å². The summed E-state index contributed by atoms with van der Waals surface area (Å²) in [5, 5.41) is 6.57. The SMILES string of the molecule is COc1ccccc1CCNC(=O)c1cnc(Nc2ccc(Cl)cc2)nc1. The molecule has 2 N–H and O–H groups in total. The lowest BCUT2D eigenvalue weighted by atomic mass is 10.1. The first-order valence-electron chi connectivity index (χ1n) is 8.40. The summed E-state index contributed by atoms with van der Waals surface area (Å²) in [6, 6.07) is 14.9. The molecule has 2 aromatic carbocycles. The van der Waals surface area contributed by atoms with Crippen LogP contribution in [0.2, 0.25) is 5.02 Å². The molecule has 7 heteroatoms. The summed E-state index contributed by atoms with van der Waals surface area (Å²) in [4.78, 5) is 20.6. The van der Waals surface area contributed by atoms with Crippen LogP contribution in [0.3, 0.4) is 0 Å². The molecule has 3 rings (SSSR count). The van der Waals surface area contributed by atoms with E-state index in [0.717, 1.165) is 17.0 Å². The number of anilines is 2. The number of nitrogens with zero attached hydrogens (tertiary/aromatic N) is 2. The molecule has 6 nitrogen and oxygen atoms in total. The van der Waals surface area contributed by atoms with Crippen LogP contribution >= 0.6 is 11.6 Å². The standard InChI is InChI=1S/C20H19ClN4O2/c1-27-18-5-3-2-4-14(18)10-11-22-19(26)15-12-23-20(24-13-15)25-17-8-6-16(21)7-9-17/h2-9,12-13H,10-11H2,1H3,(H,22,26)(H,23,24,25). The van der Waals surface area contributed by atoms with Crippen molar-refractivity contribution in [2.45, 2.75) is 6.42 Å². The fourth-order valence-electron chi connectivity index (χ4n) is 2.49. The topological polar surface area (TPSA) is 76.1 Å². The predicted octanol–water partition coefficient (Wildman–Crippen LogP) is 3.85. The van der Waals surface area contributed by atoms with Crippen LogP contribution < -0.4 is 15.4 Å². The Bertz CT molecular complexity index is 899. The van der Waals surface area contributed by atoms with E-state index in [2.05, 4.69) is 20.6 Å². The lowest BCUT2D eigenvalue weighted by Crippen LogP contribution is -2.26. The Morgan fingerprint density at radius 3 is 2.48 bits per heavy atom. The molecule has 27 heavy (non-hydrogen) atoms. The minimum absolute atomic E-state index is 0.219. The van der Waals surface area contributed by atoms with Crippen molar-refractivity contribution in [3.8, 4) is 5.75 Å². The van der Waals surface area contributed by atoms with Gasteiger partial charge < -0.3 is 15.4 Å². The monoisotopic (exact) mass is 382 g/mol. The van der Waals surface area contributed by atoms with Crippen molar-refractivity contribution in [2.24, 2.45) is 0 Å². The number of carbonyl (C=O) groups excluding carboxylic acids is 1. The van der Waals surface area contributed by atoms with Crippen LogP contribution in [0, 0.1) is 0 Å².